The van der Waals surface area contributed by atoms with E-state index in [0.29, 0.717) is 10.7 Å². The van der Waals surface area contributed by atoms with E-state index in [9.17, 15) is 0 Å². The number of anilines is 1. The predicted molar refractivity (Wildman–Crippen MR) is 89.9 cm³/mol. The number of nitrogen functional groups attached to an aromatic ring is 1. The number of para-hydroxylation sites is 1. The third-order valence-corrected chi connectivity index (χ3v) is 5.53. The smallest absolute Gasteiger partial charge is 0.126 e. The molecule has 0 atom stereocenters. The van der Waals surface area contributed by atoms with Gasteiger partial charge in [-0.15, -0.1) is 11.3 Å². The normalized spacial score (nSPS) is 11.1. The van der Waals surface area contributed by atoms with E-state index in [1.807, 2.05) is 18.2 Å². The minimum Gasteiger partial charge on any atom is -0.397 e. The molecule has 1 aromatic heterocycles. The number of hydrogen-bond donors (Lipinski definition) is 1. The van der Waals surface area contributed by atoms with Crippen molar-refractivity contribution in [3.05, 3.63) is 44.3 Å². The van der Waals surface area contributed by atoms with Crippen LogP contribution in [0.15, 0.2) is 39.3 Å². The van der Waals surface area contributed by atoms with Gasteiger partial charge in [0.15, 0.2) is 0 Å². The highest BCUT2D eigenvalue weighted by molar-refractivity contribution is 9.11. The quantitative estimate of drug-likeness (QED) is 0.513. The molecule has 0 unspecified atom stereocenters. The number of thiazole rings is 1. The van der Waals surface area contributed by atoms with Crippen LogP contribution in [0.1, 0.15) is 0 Å². The van der Waals surface area contributed by atoms with Crippen molar-refractivity contribution in [1.29, 1.82) is 0 Å². The van der Waals surface area contributed by atoms with E-state index in [-0.39, 0.29) is 0 Å². The number of benzene rings is 2. The molecule has 1 heterocycles. The summed E-state index contributed by atoms with van der Waals surface area (Å²) in [5.74, 6) is 0. The number of rotatable bonds is 1. The Kier molecular flexibility index (Phi) is 3.55. The first-order chi connectivity index (χ1) is 9.08. The van der Waals surface area contributed by atoms with Crippen molar-refractivity contribution in [3.8, 4) is 10.6 Å². The molecule has 0 saturated carbocycles. The Hall–Kier alpha value is -0.620. The van der Waals surface area contributed by atoms with Crippen LogP contribution in [-0.4, -0.2) is 4.98 Å². The van der Waals surface area contributed by atoms with Crippen LogP contribution in [0.3, 0.4) is 0 Å². The van der Waals surface area contributed by atoms with E-state index in [2.05, 4.69) is 42.9 Å². The fourth-order valence-corrected chi connectivity index (χ4v) is 5.02. The second-order valence-corrected chi connectivity index (χ2v) is 7.01. The molecule has 2 nitrogen and oxygen atoms in total. The average molecular weight is 419 g/mol. The van der Waals surface area contributed by atoms with Gasteiger partial charge in [-0.1, -0.05) is 23.7 Å². The maximum Gasteiger partial charge on any atom is 0.126 e. The Labute approximate surface area is 135 Å². The zero-order valence-electron chi connectivity index (χ0n) is 9.45. The number of fused-ring (bicyclic) bond motifs is 1. The molecular weight excluding hydrogens is 411 g/mol. The van der Waals surface area contributed by atoms with Gasteiger partial charge in [-0.05, 0) is 50.1 Å². The Morgan fingerprint density at radius 1 is 1.21 bits per heavy atom. The van der Waals surface area contributed by atoms with Crippen LogP contribution in [0.25, 0.3) is 20.8 Å². The molecule has 0 saturated heterocycles. The standard InChI is InChI=1S/C13H7Br2ClN2S/c14-6-5-7(16)12(17)11(15)10(6)13-18-8-3-1-2-4-9(8)19-13/h1-5H,17H2. The second-order valence-electron chi connectivity index (χ2n) is 3.93. The van der Waals surface area contributed by atoms with Gasteiger partial charge in [0.1, 0.15) is 5.01 Å². The molecule has 0 bridgehead atoms. The fourth-order valence-electron chi connectivity index (χ4n) is 1.78. The van der Waals surface area contributed by atoms with E-state index in [4.69, 9.17) is 17.3 Å². The molecule has 0 aliphatic rings. The van der Waals surface area contributed by atoms with E-state index in [0.717, 1.165) is 29.7 Å². The summed E-state index contributed by atoms with van der Waals surface area (Å²) in [6.45, 7) is 0. The molecule has 6 heteroatoms. The molecule has 0 aliphatic heterocycles. The first-order valence-corrected chi connectivity index (χ1v) is 8.15. The molecule has 0 fully saturated rings. The minimum absolute atomic E-state index is 0.517. The molecule has 2 aromatic carbocycles. The monoisotopic (exact) mass is 416 g/mol. The van der Waals surface area contributed by atoms with Crippen molar-refractivity contribution in [2.45, 2.75) is 0 Å². The lowest BCUT2D eigenvalue weighted by atomic mass is 10.2. The molecular formula is C13H7Br2ClN2S. The van der Waals surface area contributed by atoms with Gasteiger partial charge in [-0.25, -0.2) is 4.98 Å². The lowest BCUT2D eigenvalue weighted by Crippen LogP contribution is -1.92. The molecule has 3 aromatic rings. The van der Waals surface area contributed by atoms with Gasteiger partial charge in [-0.2, -0.15) is 0 Å². The van der Waals surface area contributed by atoms with Crippen LogP contribution in [0.2, 0.25) is 5.02 Å². The van der Waals surface area contributed by atoms with Gasteiger partial charge in [0.25, 0.3) is 0 Å². The van der Waals surface area contributed by atoms with Crippen LogP contribution in [0, 0.1) is 0 Å². The number of hydrogen-bond acceptors (Lipinski definition) is 3. The van der Waals surface area contributed by atoms with Gasteiger partial charge in [-0.3, -0.25) is 0 Å². The Morgan fingerprint density at radius 2 is 1.95 bits per heavy atom. The van der Waals surface area contributed by atoms with Gasteiger partial charge in [0, 0.05) is 10.0 Å². The zero-order valence-corrected chi connectivity index (χ0v) is 14.2. The molecule has 0 spiro atoms. The van der Waals surface area contributed by atoms with Crippen LogP contribution in [0.4, 0.5) is 5.69 Å². The zero-order chi connectivity index (χ0) is 13.6. The molecule has 2 N–H and O–H groups in total. The van der Waals surface area contributed by atoms with Crippen molar-refractivity contribution in [1.82, 2.24) is 4.98 Å². The third-order valence-electron chi connectivity index (χ3n) is 2.71. The summed E-state index contributed by atoms with van der Waals surface area (Å²) >= 11 is 14.7. The highest BCUT2D eigenvalue weighted by Gasteiger charge is 2.17. The average Bonchev–Trinajstić information content (AvgIpc) is 2.79. The van der Waals surface area contributed by atoms with Crippen LogP contribution >= 0.6 is 54.8 Å². The lowest BCUT2D eigenvalue weighted by molar-refractivity contribution is 1.45. The predicted octanol–water partition coefficient (Wildman–Crippen LogP) is 5.72. The summed E-state index contributed by atoms with van der Waals surface area (Å²) in [5, 5.41) is 1.42. The number of nitrogens with zero attached hydrogens (tertiary/aromatic N) is 1. The van der Waals surface area contributed by atoms with Gasteiger partial charge >= 0.3 is 0 Å². The molecule has 96 valence electrons. The third kappa shape index (κ3) is 2.29. The van der Waals surface area contributed by atoms with Crippen molar-refractivity contribution < 1.29 is 0 Å². The molecule has 0 amide bonds. The van der Waals surface area contributed by atoms with Crippen molar-refractivity contribution >= 4 is 70.7 Å². The topological polar surface area (TPSA) is 38.9 Å². The minimum atomic E-state index is 0.517. The van der Waals surface area contributed by atoms with Gasteiger partial charge in [0.2, 0.25) is 0 Å². The Balaban J connectivity index is 2.29. The maximum absolute atomic E-state index is 6.06. The molecule has 0 radical (unpaired) electrons. The highest BCUT2D eigenvalue weighted by Crippen LogP contribution is 2.44. The van der Waals surface area contributed by atoms with Gasteiger partial charge in [0.05, 0.1) is 25.4 Å². The molecule has 3 rings (SSSR count). The Morgan fingerprint density at radius 3 is 2.68 bits per heavy atom. The van der Waals surface area contributed by atoms with Gasteiger partial charge < -0.3 is 5.73 Å². The van der Waals surface area contributed by atoms with Crippen molar-refractivity contribution in [2.24, 2.45) is 0 Å². The first kappa shape index (κ1) is 13.4. The summed E-state index contributed by atoms with van der Waals surface area (Å²) in [4.78, 5) is 4.64. The summed E-state index contributed by atoms with van der Waals surface area (Å²) in [6, 6.07) is 9.83. The summed E-state index contributed by atoms with van der Waals surface area (Å²) in [5.41, 5.74) is 8.40. The number of halogens is 3. The first-order valence-electron chi connectivity index (χ1n) is 5.37. The number of nitrogens with two attached hydrogens (primary N) is 1. The molecule has 19 heavy (non-hydrogen) atoms. The van der Waals surface area contributed by atoms with Crippen molar-refractivity contribution in [3.63, 3.8) is 0 Å². The van der Waals surface area contributed by atoms with Crippen LogP contribution < -0.4 is 5.73 Å². The van der Waals surface area contributed by atoms with E-state index < -0.39 is 0 Å². The van der Waals surface area contributed by atoms with Crippen LogP contribution in [0.5, 0.6) is 0 Å². The SMILES string of the molecule is Nc1c(Cl)cc(Br)c(-c2nc3ccccc3s2)c1Br. The molecule has 0 aliphatic carbocycles. The largest absolute Gasteiger partial charge is 0.397 e. The highest BCUT2D eigenvalue weighted by atomic mass is 79.9. The summed E-state index contributed by atoms with van der Waals surface area (Å²) in [6.07, 6.45) is 0. The summed E-state index contributed by atoms with van der Waals surface area (Å²) in [7, 11) is 0. The maximum atomic E-state index is 6.06. The Bertz CT molecular complexity index is 753. The van der Waals surface area contributed by atoms with Crippen LogP contribution in [-0.2, 0) is 0 Å². The summed E-state index contributed by atoms with van der Waals surface area (Å²) < 4.78 is 2.79. The van der Waals surface area contributed by atoms with Crippen molar-refractivity contribution in [2.75, 3.05) is 5.73 Å². The van der Waals surface area contributed by atoms with E-state index in [1.54, 1.807) is 17.4 Å². The second kappa shape index (κ2) is 5.05. The van der Waals surface area contributed by atoms with E-state index >= 15 is 0 Å². The lowest BCUT2D eigenvalue weighted by Gasteiger charge is -2.08. The fraction of sp³-hybridized carbons (Fsp3) is 0. The van der Waals surface area contributed by atoms with E-state index in [1.165, 1.54) is 0 Å². The number of aromatic nitrogens is 1.